The maximum atomic E-state index is 13.1. The van der Waals surface area contributed by atoms with E-state index in [4.69, 9.17) is 4.74 Å². The molecule has 1 aliphatic heterocycles. The van der Waals surface area contributed by atoms with Gasteiger partial charge in [-0.2, -0.15) is 0 Å². The first kappa shape index (κ1) is 30.6. The molecule has 0 radical (unpaired) electrons. The van der Waals surface area contributed by atoms with Gasteiger partial charge in [-0.25, -0.2) is 4.79 Å². The molecule has 0 saturated carbocycles. The van der Waals surface area contributed by atoms with Gasteiger partial charge in [0.05, 0.1) is 0 Å². The Hall–Kier alpha value is -2.91. The normalized spacial score (nSPS) is 15.7. The number of hydrogen-bond donors (Lipinski definition) is 1. The number of piperazine rings is 1. The van der Waals surface area contributed by atoms with Crippen molar-refractivity contribution in [3.8, 4) is 5.75 Å². The summed E-state index contributed by atoms with van der Waals surface area (Å²) in [6, 6.07) is 8.42. The molecule has 1 aromatic heterocycles. The van der Waals surface area contributed by atoms with Crippen molar-refractivity contribution in [3.63, 3.8) is 0 Å². The van der Waals surface area contributed by atoms with Crippen LogP contribution in [0.5, 0.6) is 5.75 Å². The first-order chi connectivity index (χ1) is 18.4. The minimum absolute atomic E-state index is 0.0839. The van der Waals surface area contributed by atoms with Gasteiger partial charge in [-0.1, -0.05) is 13.3 Å². The van der Waals surface area contributed by atoms with E-state index >= 15 is 0 Å². The lowest BCUT2D eigenvalue weighted by molar-refractivity contribution is -0.0449. The van der Waals surface area contributed by atoms with Gasteiger partial charge in [0.15, 0.2) is 5.78 Å². The number of aliphatic hydroxyl groups is 1. The molecule has 0 spiro atoms. The van der Waals surface area contributed by atoms with Crippen molar-refractivity contribution >= 4 is 11.6 Å². The van der Waals surface area contributed by atoms with Crippen molar-refractivity contribution in [1.29, 1.82) is 0 Å². The summed E-state index contributed by atoms with van der Waals surface area (Å²) >= 11 is 0. The molecule has 2 aromatic rings. The van der Waals surface area contributed by atoms with Crippen molar-refractivity contribution in [1.82, 2.24) is 14.0 Å². The van der Waals surface area contributed by atoms with Crippen molar-refractivity contribution in [2.24, 2.45) is 0 Å². The third kappa shape index (κ3) is 7.39. The lowest BCUT2D eigenvalue weighted by atomic mass is 10.00. The van der Waals surface area contributed by atoms with Crippen molar-refractivity contribution in [2.75, 3.05) is 37.6 Å². The Balaban J connectivity index is 1.62. The Morgan fingerprint density at radius 1 is 0.974 bits per heavy atom. The lowest BCUT2D eigenvalue weighted by Gasteiger charge is -2.40. The number of hydrogen-bond acceptors (Lipinski definition) is 7. The molecule has 2 heterocycles. The standard InChI is InChI=1S/C30H46N4O5/c1-8-9-10-25(35)23-11-13-24(14-12-23)39-30(6,7)26(36)20-31-15-17-32(18-16-31)27-19-28(37)34(22(4)5)29(38)33(27)21(2)3/h11-14,19,21-22,26,36H,8-10,15-18,20H2,1-7H3. The number of unbranched alkanes of at least 4 members (excludes halogenated alkanes) is 1. The van der Waals surface area contributed by atoms with E-state index in [2.05, 4.69) is 16.7 Å². The first-order valence-electron chi connectivity index (χ1n) is 14.2. The summed E-state index contributed by atoms with van der Waals surface area (Å²) in [4.78, 5) is 42.4. The molecule has 9 nitrogen and oxygen atoms in total. The zero-order valence-electron chi connectivity index (χ0n) is 24.6. The van der Waals surface area contributed by atoms with E-state index in [1.165, 1.54) is 4.57 Å². The van der Waals surface area contributed by atoms with Crippen LogP contribution in [0.25, 0.3) is 0 Å². The van der Waals surface area contributed by atoms with Crippen molar-refractivity contribution in [3.05, 3.63) is 56.7 Å². The van der Waals surface area contributed by atoms with E-state index in [0.29, 0.717) is 56.3 Å². The fourth-order valence-corrected chi connectivity index (χ4v) is 4.95. The maximum Gasteiger partial charge on any atom is 0.333 e. The second-order valence-corrected chi connectivity index (χ2v) is 11.6. The highest BCUT2D eigenvalue weighted by Gasteiger charge is 2.33. The van der Waals surface area contributed by atoms with E-state index in [1.807, 2.05) is 41.5 Å². The number of β-amino-alcohol motifs (C(OH)–C–C–N with tert-alkyl or cyclic N) is 1. The number of carbonyl (C=O) groups is 1. The van der Waals surface area contributed by atoms with Gasteiger partial charge in [0.2, 0.25) is 0 Å². The van der Waals surface area contributed by atoms with Crippen LogP contribution in [-0.4, -0.2) is 69.4 Å². The fraction of sp³-hybridized carbons (Fsp3) is 0.633. The number of ether oxygens (including phenoxy) is 1. The molecule has 39 heavy (non-hydrogen) atoms. The van der Waals surface area contributed by atoms with Crippen LogP contribution in [-0.2, 0) is 0 Å². The molecule has 1 fully saturated rings. The summed E-state index contributed by atoms with van der Waals surface area (Å²) in [5.41, 5.74) is -0.726. The molecular formula is C30H46N4O5. The topological polar surface area (TPSA) is 97.0 Å². The highest BCUT2D eigenvalue weighted by atomic mass is 16.5. The molecule has 1 aromatic carbocycles. The highest BCUT2D eigenvalue weighted by Crippen LogP contribution is 2.24. The predicted molar refractivity (Wildman–Crippen MR) is 155 cm³/mol. The highest BCUT2D eigenvalue weighted by molar-refractivity contribution is 5.96. The van der Waals surface area contributed by atoms with E-state index in [9.17, 15) is 19.5 Å². The van der Waals surface area contributed by atoms with Gasteiger partial charge in [-0.3, -0.25) is 23.6 Å². The molecule has 0 amide bonds. The fourth-order valence-electron chi connectivity index (χ4n) is 4.95. The Bertz CT molecular complexity index is 1220. The SMILES string of the molecule is CCCCC(=O)c1ccc(OC(C)(C)C(O)CN2CCN(c3cc(=O)n(C(C)C)c(=O)n3C(C)C)CC2)cc1. The Labute approximate surface area is 232 Å². The van der Waals surface area contributed by atoms with E-state index < -0.39 is 11.7 Å². The summed E-state index contributed by atoms with van der Waals surface area (Å²) in [6.45, 7) is 16.4. The Morgan fingerprint density at radius 2 is 1.56 bits per heavy atom. The van der Waals surface area contributed by atoms with Crippen LogP contribution in [0.2, 0.25) is 0 Å². The van der Waals surface area contributed by atoms with Gasteiger partial charge in [0.1, 0.15) is 23.3 Å². The average Bonchev–Trinajstić information content (AvgIpc) is 2.87. The van der Waals surface area contributed by atoms with Crippen molar-refractivity contribution < 1.29 is 14.6 Å². The summed E-state index contributed by atoms with van der Waals surface area (Å²) in [6.07, 6.45) is 1.66. The van der Waals surface area contributed by atoms with Gasteiger partial charge in [0.25, 0.3) is 5.56 Å². The number of Topliss-reactive ketones (excluding diaryl/α,β-unsaturated/α-hetero) is 1. The largest absolute Gasteiger partial charge is 0.485 e. The minimum atomic E-state index is -0.843. The zero-order valence-corrected chi connectivity index (χ0v) is 24.6. The van der Waals surface area contributed by atoms with Gasteiger partial charge >= 0.3 is 5.69 Å². The summed E-state index contributed by atoms with van der Waals surface area (Å²) in [7, 11) is 0. The molecule has 0 bridgehead atoms. The maximum absolute atomic E-state index is 13.1. The van der Waals surface area contributed by atoms with Crippen LogP contribution in [0.3, 0.4) is 0 Å². The van der Waals surface area contributed by atoms with Crippen molar-refractivity contribution in [2.45, 2.75) is 91.5 Å². The lowest BCUT2D eigenvalue weighted by Crippen LogP contribution is -2.54. The minimum Gasteiger partial charge on any atom is -0.485 e. The van der Waals surface area contributed by atoms with Crippen LogP contribution < -0.4 is 20.9 Å². The molecule has 216 valence electrons. The number of benzene rings is 1. The molecule has 1 atom stereocenters. The number of aliphatic hydroxyl groups excluding tert-OH is 1. The molecule has 9 heteroatoms. The average molecular weight is 543 g/mol. The monoisotopic (exact) mass is 542 g/mol. The second kappa shape index (κ2) is 13.0. The quantitative estimate of drug-likeness (QED) is 0.407. The van der Waals surface area contributed by atoms with Gasteiger partial charge in [-0.15, -0.1) is 0 Å². The summed E-state index contributed by atoms with van der Waals surface area (Å²) in [5, 5.41) is 11.1. The smallest absolute Gasteiger partial charge is 0.333 e. The molecule has 1 unspecified atom stereocenters. The molecule has 3 rings (SSSR count). The Kier molecular flexibility index (Phi) is 10.2. The van der Waals surface area contributed by atoms with Crippen LogP contribution in [0, 0.1) is 0 Å². The van der Waals surface area contributed by atoms with Gasteiger partial charge in [-0.05, 0) is 72.2 Å². The van der Waals surface area contributed by atoms with Crippen LogP contribution in [0.15, 0.2) is 39.9 Å². The summed E-state index contributed by atoms with van der Waals surface area (Å²) in [5.74, 6) is 1.39. The molecule has 0 aliphatic carbocycles. The number of carbonyl (C=O) groups excluding carboxylic acids is 1. The number of rotatable bonds is 12. The van der Waals surface area contributed by atoms with Gasteiger partial charge < -0.3 is 14.7 Å². The molecule has 1 aliphatic rings. The van der Waals surface area contributed by atoms with E-state index in [1.54, 1.807) is 34.9 Å². The number of ketones is 1. The number of anilines is 1. The molecular weight excluding hydrogens is 496 g/mol. The predicted octanol–water partition coefficient (Wildman–Crippen LogP) is 3.89. The van der Waals surface area contributed by atoms with Crippen LogP contribution in [0.1, 0.15) is 90.2 Å². The van der Waals surface area contributed by atoms with E-state index in [0.717, 1.165) is 12.8 Å². The third-order valence-corrected chi connectivity index (χ3v) is 7.43. The number of aromatic nitrogens is 2. The van der Waals surface area contributed by atoms with Gasteiger partial charge in [0, 0.05) is 62.9 Å². The molecule has 1 N–H and O–H groups in total. The first-order valence-corrected chi connectivity index (χ1v) is 14.2. The molecule has 1 saturated heterocycles. The van der Waals surface area contributed by atoms with E-state index in [-0.39, 0.29) is 29.1 Å². The second-order valence-electron chi connectivity index (χ2n) is 11.6. The zero-order chi connectivity index (χ0) is 28.9. The third-order valence-electron chi connectivity index (χ3n) is 7.43. The van der Waals surface area contributed by atoms with Crippen LogP contribution >= 0.6 is 0 Å². The summed E-state index contributed by atoms with van der Waals surface area (Å²) < 4.78 is 9.14. The number of nitrogens with zero attached hydrogens (tertiary/aromatic N) is 4. The van der Waals surface area contributed by atoms with Crippen LogP contribution in [0.4, 0.5) is 5.82 Å². The Morgan fingerprint density at radius 3 is 2.10 bits per heavy atom.